The highest BCUT2D eigenvalue weighted by Gasteiger charge is 2.33. The van der Waals surface area contributed by atoms with E-state index in [0.29, 0.717) is 22.2 Å². The number of anilines is 1. The lowest BCUT2D eigenvalue weighted by atomic mass is 10.1. The fraction of sp³-hybridized carbons (Fsp3) is 0.222. The maximum atomic E-state index is 13.0. The first-order valence-corrected chi connectivity index (χ1v) is 9.18. The second-order valence-corrected chi connectivity index (χ2v) is 6.82. The van der Waals surface area contributed by atoms with Crippen molar-refractivity contribution in [3.05, 3.63) is 58.1 Å². The number of alkyl halides is 3. The van der Waals surface area contributed by atoms with Crippen molar-refractivity contribution in [3.63, 3.8) is 0 Å². The largest absolute Gasteiger partial charge is 0.492 e. The van der Waals surface area contributed by atoms with Gasteiger partial charge >= 0.3 is 6.18 Å². The van der Waals surface area contributed by atoms with E-state index in [1.54, 1.807) is 12.1 Å². The lowest BCUT2D eigenvalue weighted by Crippen LogP contribution is -2.34. The molecule has 10 heteroatoms. The van der Waals surface area contributed by atoms with Crippen molar-refractivity contribution in [2.24, 2.45) is 0 Å². The monoisotopic (exact) mass is 450 g/mol. The van der Waals surface area contributed by atoms with Crippen LogP contribution >= 0.6 is 35.4 Å². The number of hydrogen-bond donors (Lipinski definition) is 2. The van der Waals surface area contributed by atoms with E-state index in [1.165, 1.54) is 24.3 Å². The van der Waals surface area contributed by atoms with Gasteiger partial charge in [-0.3, -0.25) is 4.79 Å². The van der Waals surface area contributed by atoms with Gasteiger partial charge in [0.2, 0.25) is 5.91 Å². The van der Waals surface area contributed by atoms with Crippen molar-refractivity contribution >= 4 is 52.1 Å². The van der Waals surface area contributed by atoms with Crippen molar-refractivity contribution < 1.29 is 22.7 Å². The van der Waals surface area contributed by atoms with Crippen LogP contribution in [0, 0.1) is 0 Å². The lowest BCUT2D eigenvalue weighted by molar-refractivity contribution is -0.136. The van der Waals surface area contributed by atoms with E-state index in [2.05, 4.69) is 10.6 Å². The van der Waals surface area contributed by atoms with Crippen molar-refractivity contribution in [2.45, 2.75) is 19.0 Å². The summed E-state index contributed by atoms with van der Waals surface area (Å²) in [7, 11) is 0. The van der Waals surface area contributed by atoms with Crippen LogP contribution in [0.5, 0.6) is 5.75 Å². The van der Waals surface area contributed by atoms with Crippen LogP contribution in [0.15, 0.2) is 42.5 Å². The predicted octanol–water partition coefficient (Wildman–Crippen LogP) is 5.68. The quantitative estimate of drug-likeness (QED) is 0.438. The minimum absolute atomic E-state index is 0.0634. The molecule has 0 fully saturated rings. The first-order valence-electron chi connectivity index (χ1n) is 8.01. The number of hydrogen-bond acceptors (Lipinski definition) is 3. The van der Waals surface area contributed by atoms with Gasteiger partial charge in [-0.25, -0.2) is 0 Å². The van der Waals surface area contributed by atoms with Crippen LogP contribution in [0.3, 0.4) is 0 Å². The van der Waals surface area contributed by atoms with Crippen molar-refractivity contribution in [3.8, 4) is 5.75 Å². The highest BCUT2D eigenvalue weighted by Crippen LogP contribution is 2.34. The van der Waals surface area contributed by atoms with E-state index >= 15 is 0 Å². The zero-order valence-corrected chi connectivity index (χ0v) is 16.6. The molecule has 4 nitrogen and oxygen atoms in total. The molecular formula is C18H15Cl2F3N2O2S. The summed E-state index contributed by atoms with van der Waals surface area (Å²) in [4.78, 5) is 11.9. The molecule has 2 aromatic carbocycles. The van der Waals surface area contributed by atoms with Gasteiger partial charge in [0.25, 0.3) is 0 Å². The Balaban J connectivity index is 1.78. The first-order chi connectivity index (χ1) is 13.2. The van der Waals surface area contributed by atoms with Crippen LogP contribution in [-0.2, 0) is 11.0 Å². The molecule has 0 bridgehead atoms. The molecule has 0 aliphatic carbocycles. The van der Waals surface area contributed by atoms with Crippen molar-refractivity contribution in [1.82, 2.24) is 5.32 Å². The number of benzene rings is 2. The van der Waals surface area contributed by atoms with Crippen LogP contribution in [0.2, 0.25) is 10.0 Å². The first kappa shape index (κ1) is 22.3. The Morgan fingerprint density at radius 2 is 1.86 bits per heavy atom. The molecule has 0 aliphatic heterocycles. The fourth-order valence-electron chi connectivity index (χ4n) is 2.19. The number of nitrogens with one attached hydrogen (secondary N) is 2. The number of carbonyl (C=O) groups excluding carboxylic acids is 1. The van der Waals surface area contributed by atoms with Gasteiger partial charge < -0.3 is 15.4 Å². The number of thiocarbonyl (C=S) groups is 1. The van der Waals surface area contributed by atoms with Gasteiger partial charge in [-0.1, -0.05) is 35.3 Å². The summed E-state index contributed by atoms with van der Waals surface area (Å²) in [6.45, 7) is 0.214. The van der Waals surface area contributed by atoms with Crippen LogP contribution in [-0.4, -0.2) is 17.6 Å². The smallest absolute Gasteiger partial charge is 0.418 e. The summed E-state index contributed by atoms with van der Waals surface area (Å²) in [5.41, 5.74) is -1.11. The molecule has 0 saturated heterocycles. The highest BCUT2D eigenvalue weighted by atomic mass is 35.5. The van der Waals surface area contributed by atoms with E-state index in [1.807, 2.05) is 0 Å². The molecule has 2 aromatic rings. The summed E-state index contributed by atoms with van der Waals surface area (Å²) < 4.78 is 44.3. The maximum Gasteiger partial charge on any atom is 0.418 e. The van der Waals surface area contributed by atoms with Crippen LogP contribution in [0.4, 0.5) is 18.9 Å². The third-order valence-corrected chi connectivity index (χ3v) is 4.17. The molecule has 1 amide bonds. The van der Waals surface area contributed by atoms with Gasteiger partial charge in [-0.05, 0) is 49.0 Å². The average molecular weight is 451 g/mol. The topological polar surface area (TPSA) is 50.4 Å². The van der Waals surface area contributed by atoms with E-state index in [9.17, 15) is 18.0 Å². The van der Waals surface area contributed by atoms with E-state index in [4.69, 9.17) is 40.2 Å². The molecule has 0 aliphatic rings. The second-order valence-electron chi connectivity index (χ2n) is 5.57. The van der Waals surface area contributed by atoms with Gasteiger partial charge in [-0.15, -0.1) is 0 Å². The third-order valence-electron chi connectivity index (χ3n) is 3.43. The standard InChI is InChI=1S/C18H15Cl2F3N2O2S/c19-11-7-8-15(13(20)10-11)27-9-3-6-16(26)25-17(28)24-14-5-2-1-4-12(14)18(21,22)23/h1-2,4-5,7-8,10H,3,6,9H2,(H2,24,25,26,28). The van der Waals surface area contributed by atoms with Crippen LogP contribution in [0.1, 0.15) is 18.4 Å². The molecule has 0 aromatic heterocycles. The van der Waals surface area contributed by atoms with Gasteiger partial charge in [-0.2, -0.15) is 13.2 Å². The zero-order valence-electron chi connectivity index (χ0n) is 14.3. The van der Waals surface area contributed by atoms with E-state index < -0.39 is 17.6 Å². The number of para-hydroxylation sites is 1. The van der Waals surface area contributed by atoms with Crippen molar-refractivity contribution in [2.75, 3.05) is 11.9 Å². The summed E-state index contributed by atoms with van der Waals surface area (Å²) in [5, 5.41) is 5.34. The Labute approximate surface area is 175 Å². The summed E-state index contributed by atoms with van der Waals surface area (Å²) in [5.74, 6) is -0.0137. The SMILES string of the molecule is O=C(CCCOc1ccc(Cl)cc1Cl)NC(=S)Nc1ccccc1C(F)(F)F. The Bertz CT molecular complexity index is 863. The Kier molecular flexibility index (Phi) is 7.91. The number of amides is 1. The molecule has 2 N–H and O–H groups in total. The predicted molar refractivity (Wildman–Crippen MR) is 107 cm³/mol. The molecule has 0 unspecified atom stereocenters. The molecule has 0 saturated carbocycles. The third kappa shape index (κ3) is 6.85. The molecule has 0 atom stereocenters. The maximum absolute atomic E-state index is 13.0. The number of rotatable bonds is 6. The molecule has 28 heavy (non-hydrogen) atoms. The minimum atomic E-state index is -4.54. The summed E-state index contributed by atoms with van der Waals surface area (Å²) >= 11 is 16.7. The number of carbonyl (C=O) groups is 1. The molecule has 150 valence electrons. The van der Waals surface area contributed by atoms with Gasteiger partial charge in [0, 0.05) is 11.4 Å². The normalized spacial score (nSPS) is 11.0. The minimum Gasteiger partial charge on any atom is -0.492 e. The van der Waals surface area contributed by atoms with Crippen molar-refractivity contribution in [1.29, 1.82) is 0 Å². The van der Waals surface area contributed by atoms with Gasteiger partial charge in [0.05, 0.1) is 22.9 Å². The van der Waals surface area contributed by atoms with Gasteiger partial charge in [0.1, 0.15) is 5.75 Å². The highest BCUT2D eigenvalue weighted by molar-refractivity contribution is 7.80. The second kappa shape index (κ2) is 9.95. The molecule has 0 radical (unpaired) electrons. The zero-order chi connectivity index (χ0) is 20.7. The Morgan fingerprint density at radius 3 is 2.54 bits per heavy atom. The van der Waals surface area contributed by atoms with Gasteiger partial charge in [0.15, 0.2) is 5.11 Å². The number of ether oxygens (including phenoxy) is 1. The Hall–Kier alpha value is -2.03. The van der Waals surface area contributed by atoms with E-state index in [0.717, 1.165) is 6.07 Å². The fourth-order valence-corrected chi connectivity index (χ4v) is 2.88. The summed E-state index contributed by atoms with van der Waals surface area (Å²) in [6.07, 6.45) is -4.12. The lowest BCUT2D eigenvalue weighted by Gasteiger charge is -2.15. The molecule has 0 heterocycles. The molecular weight excluding hydrogens is 436 g/mol. The Morgan fingerprint density at radius 1 is 1.14 bits per heavy atom. The summed E-state index contributed by atoms with van der Waals surface area (Å²) in [6, 6.07) is 9.62. The van der Waals surface area contributed by atoms with Crippen LogP contribution < -0.4 is 15.4 Å². The number of halogens is 5. The molecule has 2 rings (SSSR count). The van der Waals surface area contributed by atoms with Crippen LogP contribution in [0.25, 0.3) is 0 Å². The average Bonchev–Trinajstić information content (AvgIpc) is 2.59. The molecule has 0 spiro atoms. The van der Waals surface area contributed by atoms with E-state index in [-0.39, 0.29) is 23.8 Å².